The largest absolute Gasteiger partial charge is 0.481 e. The minimum atomic E-state index is -1.26. The molecule has 0 aliphatic heterocycles. The second-order valence-corrected chi connectivity index (χ2v) is 4.98. The van der Waals surface area contributed by atoms with Gasteiger partial charge in [0.1, 0.15) is 0 Å². The van der Waals surface area contributed by atoms with Gasteiger partial charge in [0.15, 0.2) is 0 Å². The molecule has 0 amide bonds. The lowest BCUT2D eigenvalue weighted by atomic mass is 10.1. The van der Waals surface area contributed by atoms with Crippen LogP contribution in [-0.2, 0) is 14.4 Å². The van der Waals surface area contributed by atoms with E-state index in [0.717, 1.165) is 12.8 Å². The van der Waals surface area contributed by atoms with Gasteiger partial charge in [0.2, 0.25) is 0 Å². The van der Waals surface area contributed by atoms with Gasteiger partial charge in [-0.15, -0.1) is 0 Å². The van der Waals surface area contributed by atoms with Crippen molar-refractivity contribution in [1.82, 2.24) is 0 Å². The molecule has 0 fully saturated rings. The molecule has 3 N–H and O–H groups in total. The lowest BCUT2D eigenvalue weighted by molar-refractivity contribution is -0.137. The molecule has 128 valence electrons. The van der Waals surface area contributed by atoms with E-state index in [-0.39, 0.29) is 0 Å². The van der Waals surface area contributed by atoms with Crippen molar-refractivity contribution in [3.63, 3.8) is 0 Å². The molecule has 0 aliphatic rings. The van der Waals surface area contributed by atoms with Gasteiger partial charge in [0, 0.05) is 18.6 Å². The summed E-state index contributed by atoms with van der Waals surface area (Å²) in [7, 11) is 0. The zero-order valence-corrected chi connectivity index (χ0v) is 13.3. The van der Waals surface area contributed by atoms with Gasteiger partial charge in [-0.3, -0.25) is 4.79 Å². The van der Waals surface area contributed by atoms with Gasteiger partial charge >= 0.3 is 17.9 Å². The molecule has 0 aromatic heterocycles. The van der Waals surface area contributed by atoms with Crippen LogP contribution in [0.3, 0.4) is 0 Å². The molecule has 0 spiro atoms. The van der Waals surface area contributed by atoms with Crippen molar-refractivity contribution in [2.24, 2.45) is 0 Å². The number of rotatable bonds is 12. The van der Waals surface area contributed by atoms with E-state index in [0.29, 0.717) is 18.6 Å². The average Bonchev–Trinajstić information content (AvgIpc) is 2.44. The first kappa shape index (κ1) is 22.4. The number of carboxylic acid groups (broad SMARTS) is 3. The molecule has 0 unspecified atom stereocenters. The van der Waals surface area contributed by atoms with Gasteiger partial charge in [-0.05, 0) is 6.42 Å². The first-order chi connectivity index (χ1) is 10.4. The van der Waals surface area contributed by atoms with E-state index in [2.05, 4.69) is 6.92 Å². The third-order valence-corrected chi connectivity index (χ3v) is 2.86. The number of unbranched alkanes of at least 4 members (excludes halogenated alkanes) is 8. The fourth-order valence-corrected chi connectivity index (χ4v) is 1.73. The third kappa shape index (κ3) is 26.7. The topological polar surface area (TPSA) is 112 Å². The van der Waals surface area contributed by atoms with Gasteiger partial charge in [-0.2, -0.15) is 0 Å². The van der Waals surface area contributed by atoms with Crippen LogP contribution in [0.25, 0.3) is 0 Å². The summed E-state index contributed by atoms with van der Waals surface area (Å²) in [5, 5.41) is 24.0. The van der Waals surface area contributed by atoms with E-state index in [1.807, 2.05) is 0 Å². The van der Waals surface area contributed by atoms with Crippen LogP contribution in [0.4, 0.5) is 0 Å². The summed E-state index contributed by atoms with van der Waals surface area (Å²) >= 11 is 0. The van der Waals surface area contributed by atoms with Crippen LogP contribution >= 0.6 is 0 Å². The highest BCUT2D eigenvalue weighted by molar-refractivity contribution is 5.89. The summed E-state index contributed by atoms with van der Waals surface area (Å²) in [6, 6.07) is 0. The Hall–Kier alpha value is -1.85. The second-order valence-electron chi connectivity index (χ2n) is 4.98. The summed E-state index contributed by atoms with van der Waals surface area (Å²) in [6.07, 6.45) is 12.6. The highest BCUT2D eigenvalue weighted by Crippen LogP contribution is 2.10. The predicted octanol–water partition coefficient (Wildman–Crippen LogP) is 3.70. The molecule has 0 radical (unpaired) electrons. The summed E-state index contributed by atoms with van der Waals surface area (Å²) in [4.78, 5) is 29.3. The molecule has 0 bridgehead atoms. The van der Waals surface area contributed by atoms with Gasteiger partial charge in [-0.25, -0.2) is 9.59 Å². The number of hydrogen-bond acceptors (Lipinski definition) is 3. The molecule has 0 rings (SSSR count). The molecular weight excluding hydrogens is 288 g/mol. The summed E-state index contributed by atoms with van der Waals surface area (Å²) in [5.74, 6) is -3.17. The van der Waals surface area contributed by atoms with Crippen LogP contribution in [-0.4, -0.2) is 33.2 Å². The summed E-state index contributed by atoms with van der Waals surface area (Å²) in [5.41, 5.74) is 0. The highest BCUT2D eigenvalue weighted by Gasteiger charge is 1.96. The molecule has 0 aliphatic carbocycles. The third-order valence-electron chi connectivity index (χ3n) is 2.86. The Morgan fingerprint density at radius 2 is 1.05 bits per heavy atom. The van der Waals surface area contributed by atoms with Crippen molar-refractivity contribution in [1.29, 1.82) is 0 Å². The number of aliphatic carboxylic acids is 3. The zero-order valence-electron chi connectivity index (χ0n) is 13.3. The Morgan fingerprint density at radius 3 is 1.36 bits per heavy atom. The lowest BCUT2D eigenvalue weighted by Crippen LogP contribution is -1.93. The number of carbonyl (C=O) groups is 3. The molecule has 0 atom stereocenters. The van der Waals surface area contributed by atoms with Crippen molar-refractivity contribution in [3.05, 3.63) is 12.2 Å². The van der Waals surface area contributed by atoms with Crippen molar-refractivity contribution in [3.8, 4) is 0 Å². The maximum atomic E-state index is 10.2. The van der Waals surface area contributed by atoms with Crippen LogP contribution in [0.2, 0.25) is 0 Å². The monoisotopic (exact) mass is 316 g/mol. The standard InChI is InChI=1S/C12H24O2.C4H4O4/c1-2-3-4-5-6-7-8-9-10-11-12(13)14;5-3(6)1-2-4(7)8/h2-11H2,1H3,(H,13,14);1-2H,(H,5,6)(H,7,8). The van der Waals surface area contributed by atoms with E-state index in [9.17, 15) is 14.4 Å². The number of hydrogen-bond donors (Lipinski definition) is 3. The van der Waals surface area contributed by atoms with E-state index >= 15 is 0 Å². The Kier molecular flexibility index (Phi) is 17.5. The Bertz CT molecular complexity index is 320. The molecule has 0 heterocycles. The van der Waals surface area contributed by atoms with Crippen molar-refractivity contribution in [2.45, 2.75) is 71.1 Å². The molecule has 0 aromatic carbocycles. The van der Waals surface area contributed by atoms with Gasteiger partial charge in [-0.1, -0.05) is 58.3 Å². The first-order valence-corrected chi connectivity index (χ1v) is 7.75. The maximum absolute atomic E-state index is 10.2. The molecular formula is C16H28O6. The minimum absolute atomic E-state index is 0.343. The maximum Gasteiger partial charge on any atom is 0.328 e. The average molecular weight is 316 g/mol. The first-order valence-electron chi connectivity index (χ1n) is 7.75. The lowest BCUT2D eigenvalue weighted by Gasteiger charge is -2.00. The highest BCUT2D eigenvalue weighted by atomic mass is 16.4. The van der Waals surface area contributed by atoms with Crippen LogP contribution < -0.4 is 0 Å². The zero-order chi connectivity index (χ0) is 17.2. The van der Waals surface area contributed by atoms with E-state index in [1.54, 1.807) is 0 Å². The Morgan fingerprint density at radius 1 is 0.682 bits per heavy atom. The SMILES string of the molecule is CCCCCCCCCCCC(=O)O.O=C(O)C=CC(=O)O. The summed E-state index contributed by atoms with van der Waals surface area (Å²) in [6.45, 7) is 2.23. The van der Waals surface area contributed by atoms with Gasteiger partial charge < -0.3 is 15.3 Å². The molecule has 6 heteroatoms. The van der Waals surface area contributed by atoms with Crippen molar-refractivity contribution >= 4 is 17.9 Å². The van der Waals surface area contributed by atoms with E-state index in [1.165, 1.54) is 44.9 Å². The Balaban J connectivity index is 0. The quantitative estimate of drug-likeness (QED) is 0.374. The van der Waals surface area contributed by atoms with Crippen molar-refractivity contribution in [2.75, 3.05) is 0 Å². The molecule has 22 heavy (non-hydrogen) atoms. The van der Waals surface area contributed by atoms with Gasteiger partial charge in [0.25, 0.3) is 0 Å². The molecule has 0 saturated carbocycles. The summed E-state index contributed by atoms with van der Waals surface area (Å²) < 4.78 is 0. The fraction of sp³-hybridized carbons (Fsp3) is 0.688. The van der Waals surface area contributed by atoms with Crippen LogP contribution in [0.1, 0.15) is 71.1 Å². The smallest absolute Gasteiger partial charge is 0.328 e. The molecule has 6 nitrogen and oxygen atoms in total. The van der Waals surface area contributed by atoms with Gasteiger partial charge in [0.05, 0.1) is 0 Å². The second kappa shape index (κ2) is 17.2. The van der Waals surface area contributed by atoms with Crippen molar-refractivity contribution < 1.29 is 29.7 Å². The minimum Gasteiger partial charge on any atom is -0.481 e. The predicted molar refractivity (Wildman–Crippen MR) is 83.9 cm³/mol. The van der Waals surface area contributed by atoms with Crippen LogP contribution in [0.5, 0.6) is 0 Å². The van der Waals surface area contributed by atoms with Crippen LogP contribution in [0, 0.1) is 0 Å². The van der Waals surface area contributed by atoms with E-state index in [4.69, 9.17) is 15.3 Å². The number of carboxylic acids is 3. The van der Waals surface area contributed by atoms with E-state index < -0.39 is 17.9 Å². The normalized spacial score (nSPS) is 10.0. The fourth-order valence-electron chi connectivity index (χ4n) is 1.73. The Labute approximate surface area is 131 Å². The van der Waals surface area contributed by atoms with Crippen LogP contribution in [0.15, 0.2) is 12.2 Å². The molecule has 0 aromatic rings. The molecule has 0 saturated heterocycles.